The van der Waals surface area contributed by atoms with E-state index in [1.54, 1.807) is 24.3 Å². The summed E-state index contributed by atoms with van der Waals surface area (Å²) in [6, 6.07) is 9.60. The summed E-state index contributed by atoms with van der Waals surface area (Å²) in [5, 5.41) is 8.66. The molecule has 0 unspecified atom stereocenters. The maximum absolute atomic E-state index is 14.8. The fraction of sp³-hybridized carbons (Fsp3) is 0.308. The summed E-state index contributed by atoms with van der Waals surface area (Å²) in [5.41, 5.74) is 1.16. The molecule has 3 N–H and O–H groups in total. The highest BCUT2D eigenvalue weighted by molar-refractivity contribution is 6.04. The first-order valence-corrected chi connectivity index (χ1v) is 12.0. The number of anilines is 3. The molecule has 0 radical (unpaired) electrons. The average Bonchev–Trinajstić information content (AvgIpc) is 2.87. The number of urea groups is 1. The number of hydrogen-bond donors (Lipinski definition) is 3. The van der Waals surface area contributed by atoms with Crippen LogP contribution in [0.4, 0.5) is 31.0 Å². The van der Waals surface area contributed by atoms with Crippen LogP contribution in [0.2, 0.25) is 0 Å². The van der Waals surface area contributed by atoms with Crippen LogP contribution in [0.1, 0.15) is 29.3 Å². The lowest BCUT2D eigenvalue weighted by molar-refractivity contribution is 0.0954. The summed E-state index contributed by atoms with van der Waals surface area (Å²) in [7, 11) is 3.83. The molecule has 1 aliphatic heterocycles. The molecule has 0 saturated heterocycles. The largest absolute Gasteiger partial charge is 0.353 e. The van der Waals surface area contributed by atoms with E-state index in [-0.39, 0.29) is 24.2 Å². The second kappa shape index (κ2) is 11.3. The lowest BCUT2D eigenvalue weighted by Crippen LogP contribution is -2.43. The van der Waals surface area contributed by atoms with E-state index in [1.165, 1.54) is 6.07 Å². The smallest absolute Gasteiger partial charge is 0.328 e. The van der Waals surface area contributed by atoms with Crippen molar-refractivity contribution in [3.63, 3.8) is 0 Å². The number of benzene rings is 2. The summed E-state index contributed by atoms with van der Waals surface area (Å²) >= 11 is 0. The van der Waals surface area contributed by atoms with Gasteiger partial charge in [-0.15, -0.1) is 0 Å². The van der Waals surface area contributed by atoms with E-state index in [2.05, 4.69) is 25.9 Å². The van der Waals surface area contributed by atoms with E-state index in [9.17, 15) is 18.4 Å². The van der Waals surface area contributed by atoms with Gasteiger partial charge in [-0.2, -0.15) is 4.98 Å². The zero-order chi connectivity index (χ0) is 26.5. The van der Waals surface area contributed by atoms with Crippen molar-refractivity contribution in [1.82, 2.24) is 25.5 Å². The van der Waals surface area contributed by atoms with Crippen molar-refractivity contribution in [2.75, 3.05) is 43.9 Å². The highest BCUT2D eigenvalue weighted by Gasteiger charge is 2.34. The highest BCUT2D eigenvalue weighted by Crippen LogP contribution is 2.39. The van der Waals surface area contributed by atoms with Gasteiger partial charge >= 0.3 is 6.03 Å². The molecule has 3 aromatic rings. The zero-order valence-corrected chi connectivity index (χ0v) is 20.9. The molecule has 0 saturated carbocycles. The van der Waals surface area contributed by atoms with E-state index in [4.69, 9.17) is 0 Å². The summed E-state index contributed by atoms with van der Waals surface area (Å²) in [5.74, 6) is -1.90. The van der Waals surface area contributed by atoms with E-state index < -0.39 is 23.4 Å². The second-order valence-corrected chi connectivity index (χ2v) is 8.79. The normalized spacial score (nSPS) is 12.8. The van der Waals surface area contributed by atoms with Gasteiger partial charge in [0.1, 0.15) is 17.3 Å². The molecule has 37 heavy (non-hydrogen) atoms. The molecule has 1 aromatic heterocycles. The van der Waals surface area contributed by atoms with Crippen LogP contribution in [0.15, 0.2) is 42.5 Å². The van der Waals surface area contributed by atoms with Gasteiger partial charge in [0.05, 0.1) is 12.2 Å². The molecule has 0 spiro atoms. The minimum absolute atomic E-state index is 0.0129. The summed E-state index contributed by atoms with van der Waals surface area (Å²) in [6.07, 6.45) is 0.770. The zero-order valence-electron chi connectivity index (χ0n) is 20.9. The van der Waals surface area contributed by atoms with Crippen LogP contribution in [0, 0.1) is 11.6 Å². The minimum Gasteiger partial charge on any atom is -0.353 e. The fourth-order valence-electron chi connectivity index (χ4n) is 3.98. The van der Waals surface area contributed by atoms with Crippen molar-refractivity contribution < 1.29 is 18.4 Å². The number of nitrogens with zero attached hydrogens (tertiary/aromatic N) is 4. The number of nitrogens with one attached hydrogen (secondary N) is 3. The number of aromatic nitrogens is 2. The maximum Gasteiger partial charge on any atom is 0.328 e. The number of likely N-dealkylation sites (N-methyl/N-ethyl adjacent to an activating group) is 1. The van der Waals surface area contributed by atoms with Gasteiger partial charge < -0.3 is 20.9 Å². The number of para-hydroxylation sites is 1. The first-order chi connectivity index (χ1) is 17.8. The molecule has 0 fully saturated rings. The predicted octanol–water partition coefficient (Wildman–Crippen LogP) is 3.90. The third kappa shape index (κ3) is 5.51. The Morgan fingerprint density at radius 1 is 1.08 bits per heavy atom. The van der Waals surface area contributed by atoms with Crippen molar-refractivity contribution in [1.29, 1.82) is 0 Å². The van der Waals surface area contributed by atoms with Gasteiger partial charge in [0.2, 0.25) is 5.95 Å². The summed E-state index contributed by atoms with van der Waals surface area (Å²) in [6.45, 7) is 3.61. The van der Waals surface area contributed by atoms with Crippen LogP contribution >= 0.6 is 0 Å². The van der Waals surface area contributed by atoms with Crippen molar-refractivity contribution in [3.8, 4) is 11.3 Å². The molecule has 9 nitrogen and oxygen atoms in total. The molecular formula is C26H29F2N7O2. The SMILES string of the molecule is CCCNC(=O)c1ccccc1-c1nc(NCCN(C)C)nc2c1CNC(=O)N2c1c(F)cccc1F. The number of rotatable bonds is 9. The van der Waals surface area contributed by atoms with Gasteiger partial charge in [-0.3, -0.25) is 4.79 Å². The third-order valence-corrected chi connectivity index (χ3v) is 5.78. The third-order valence-electron chi connectivity index (χ3n) is 5.78. The minimum atomic E-state index is -0.912. The molecule has 4 rings (SSSR count). The lowest BCUT2D eigenvalue weighted by Gasteiger charge is -2.31. The number of carbonyl (C=O) groups excluding carboxylic acids is 2. The van der Waals surface area contributed by atoms with E-state index >= 15 is 0 Å². The molecule has 2 heterocycles. The molecular weight excluding hydrogens is 480 g/mol. The average molecular weight is 510 g/mol. The standard InChI is InChI=1S/C26H29F2N7O2/c1-4-12-29-24(36)17-9-6-5-8-16(17)21-18-15-31-26(37)35(22-19(27)10-7-11-20(22)28)23(18)33-25(32-21)30-13-14-34(2)3/h5-11H,4,12-15H2,1-3H3,(H,29,36)(H,31,37)(H,30,32,33). The van der Waals surface area contributed by atoms with E-state index in [1.807, 2.05) is 25.9 Å². The Labute approximate surface area is 213 Å². The first kappa shape index (κ1) is 26.0. The maximum atomic E-state index is 14.8. The van der Waals surface area contributed by atoms with Gasteiger partial charge in [-0.05, 0) is 38.7 Å². The van der Waals surface area contributed by atoms with Crippen molar-refractivity contribution >= 4 is 29.4 Å². The van der Waals surface area contributed by atoms with Gasteiger partial charge in [0, 0.05) is 36.3 Å². The summed E-state index contributed by atoms with van der Waals surface area (Å²) < 4.78 is 29.7. The predicted molar refractivity (Wildman–Crippen MR) is 138 cm³/mol. The molecule has 194 valence electrons. The van der Waals surface area contributed by atoms with Crippen molar-refractivity contribution in [2.45, 2.75) is 19.9 Å². The number of fused-ring (bicyclic) bond motifs is 1. The van der Waals surface area contributed by atoms with Crippen LogP contribution in [-0.2, 0) is 6.54 Å². The van der Waals surface area contributed by atoms with Gasteiger partial charge in [-0.1, -0.05) is 31.2 Å². The van der Waals surface area contributed by atoms with Crippen molar-refractivity contribution in [3.05, 3.63) is 65.2 Å². The van der Waals surface area contributed by atoms with E-state index in [0.29, 0.717) is 42.0 Å². The summed E-state index contributed by atoms with van der Waals surface area (Å²) in [4.78, 5) is 38.0. The van der Waals surface area contributed by atoms with Crippen molar-refractivity contribution in [2.24, 2.45) is 0 Å². The van der Waals surface area contributed by atoms with Gasteiger partial charge in [0.25, 0.3) is 5.91 Å². The van der Waals surface area contributed by atoms with Crippen LogP contribution in [0.5, 0.6) is 0 Å². The molecule has 2 aromatic carbocycles. The highest BCUT2D eigenvalue weighted by atomic mass is 19.1. The van der Waals surface area contributed by atoms with Crippen LogP contribution in [-0.4, -0.2) is 60.5 Å². The lowest BCUT2D eigenvalue weighted by atomic mass is 9.98. The number of carbonyl (C=O) groups is 2. The van der Waals surface area contributed by atoms with Crippen LogP contribution < -0.4 is 20.9 Å². The fourth-order valence-corrected chi connectivity index (χ4v) is 3.98. The molecule has 0 atom stereocenters. The Balaban J connectivity index is 1.91. The number of hydrogen-bond acceptors (Lipinski definition) is 6. The monoisotopic (exact) mass is 509 g/mol. The molecule has 11 heteroatoms. The molecule has 0 bridgehead atoms. The Bertz CT molecular complexity index is 1300. The first-order valence-electron chi connectivity index (χ1n) is 12.0. The quantitative estimate of drug-likeness (QED) is 0.405. The molecule has 1 aliphatic rings. The molecule has 3 amide bonds. The second-order valence-electron chi connectivity index (χ2n) is 8.79. The van der Waals surface area contributed by atoms with Crippen LogP contribution in [0.3, 0.4) is 0 Å². The molecule has 0 aliphatic carbocycles. The van der Waals surface area contributed by atoms with Gasteiger partial charge in [-0.25, -0.2) is 23.5 Å². The Morgan fingerprint density at radius 3 is 2.51 bits per heavy atom. The van der Waals surface area contributed by atoms with Gasteiger partial charge in [0.15, 0.2) is 5.82 Å². The topological polar surface area (TPSA) is 102 Å². The number of amides is 3. The van der Waals surface area contributed by atoms with E-state index in [0.717, 1.165) is 23.5 Å². The Morgan fingerprint density at radius 2 is 1.81 bits per heavy atom. The Kier molecular flexibility index (Phi) is 7.92. The number of halogens is 2. The van der Waals surface area contributed by atoms with Crippen LogP contribution in [0.25, 0.3) is 11.3 Å². The Hall–Kier alpha value is -4.12.